The van der Waals surface area contributed by atoms with Crippen LogP contribution in [0.5, 0.6) is 5.75 Å². The second kappa shape index (κ2) is 15.6. The number of fused-ring (bicyclic) bond motifs is 1. The first-order valence-electron chi connectivity index (χ1n) is 14.4. The number of anilines is 2. The van der Waals surface area contributed by atoms with Crippen LogP contribution < -0.4 is 16.2 Å². The summed E-state index contributed by atoms with van der Waals surface area (Å²) in [6, 6.07) is 14.6. The molecule has 11 nitrogen and oxygen atoms in total. The van der Waals surface area contributed by atoms with Crippen molar-refractivity contribution in [2.24, 2.45) is 0 Å². The number of hydrogen-bond acceptors (Lipinski definition) is 8. The van der Waals surface area contributed by atoms with Crippen LogP contribution in [-0.4, -0.2) is 56.1 Å². The molecule has 0 amide bonds. The number of ether oxygens (including phenoxy) is 1. The molecule has 3 heterocycles. The van der Waals surface area contributed by atoms with E-state index in [0.717, 1.165) is 22.1 Å². The number of pyridine rings is 1. The molecule has 50 heavy (non-hydrogen) atoms. The average molecular weight is 714 g/mol. The van der Waals surface area contributed by atoms with Crippen LogP contribution in [0, 0.1) is 12.7 Å². The Labute approximate surface area is 278 Å². The summed E-state index contributed by atoms with van der Waals surface area (Å²) < 4.78 is 90.8. The second-order valence-corrected chi connectivity index (χ2v) is 10.3. The van der Waals surface area contributed by atoms with Crippen LogP contribution in [0.15, 0.2) is 59.1 Å². The van der Waals surface area contributed by atoms with E-state index in [1.807, 2.05) is 57.2 Å². The number of benzene rings is 2. The summed E-state index contributed by atoms with van der Waals surface area (Å²) in [6.07, 6.45) is -7.72. The number of aryl methyl sites for hydroxylation is 2. The van der Waals surface area contributed by atoms with Gasteiger partial charge >= 0.3 is 24.3 Å². The fourth-order valence-electron chi connectivity index (χ4n) is 4.46. The summed E-state index contributed by atoms with van der Waals surface area (Å²) in [5, 5.41) is 15.8. The first kappa shape index (κ1) is 38.6. The number of nitrogens with two attached hydrogens (primary N) is 2. The molecule has 268 valence electrons. The summed E-state index contributed by atoms with van der Waals surface area (Å²) in [7, 11) is 0. The van der Waals surface area contributed by atoms with E-state index < -0.39 is 36.0 Å². The predicted molar refractivity (Wildman–Crippen MR) is 167 cm³/mol. The Morgan fingerprint density at radius 3 is 2.08 bits per heavy atom. The van der Waals surface area contributed by atoms with Crippen LogP contribution in [0.1, 0.15) is 48.2 Å². The Hall–Kier alpha value is -5.81. The summed E-state index contributed by atoms with van der Waals surface area (Å²) in [5.74, 6) is -4.24. The lowest BCUT2D eigenvalue weighted by Crippen LogP contribution is -2.21. The first-order valence-corrected chi connectivity index (χ1v) is 14.4. The van der Waals surface area contributed by atoms with E-state index in [0.29, 0.717) is 53.1 Å². The normalized spacial score (nSPS) is 12.0. The van der Waals surface area contributed by atoms with Gasteiger partial charge in [0.15, 0.2) is 17.3 Å². The zero-order valence-electron chi connectivity index (χ0n) is 26.4. The molecule has 5 aromatic rings. The number of carboxylic acid groups (broad SMARTS) is 2. The number of hydrogen-bond donors (Lipinski definition) is 5. The van der Waals surface area contributed by atoms with Gasteiger partial charge in [0.25, 0.3) is 0 Å². The Morgan fingerprint density at radius 2 is 1.56 bits per heavy atom. The van der Waals surface area contributed by atoms with Crippen molar-refractivity contribution in [1.29, 1.82) is 0 Å². The molecular weight excluding hydrogens is 683 g/mol. The highest BCUT2D eigenvalue weighted by atomic mass is 19.4. The standard InChI is InChI=1S/C28H28FN5O2.2C2HF3O2/c1-4-16-10-20(26(29)24(11-16)35-5-2)25(28-32-14-22(34-28)23-9-6-15(3)36-23)21-13-17-12-18(30)7-8-19(17)27(31)33-21;2*3-2(4,5)1(6)7/h6-14,25H,4-5,30H2,1-3H3,(H2,31,33)(H,32,34);2*(H,6,7). The SMILES string of the molecule is CCOc1cc(CC)cc(C(c2cc3cc(N)ccc3c(N)n2)c2nc(-c3ccc(C)o3)c[nH]2)c1F.O=C(O)C(F)(F)F.O=C(O)C(F)(F)F. The molecule has 7 N–H and O–H groups in total. The van der Waals surface area contributed by atoms with Crippen molar-refractivity contribution in [3.05, 3.63) is 89.0 Å². The third-order valence-corrected chi connectivity index (χ3v) is 6.70. The maximum absolute atomic E-state index is 15.9. The van der Waals surface area contributed by atoms with Gasteiger partial charge in [-0.1, -0.05) is 13.0 Å². The van der Waals surface area contributed by atoms with Gasteiger partial charge in [-0.05, 0) is 73.7 Å². The van der Waals surface area contributed by atoms with E-state index >= 15 is 4.39 Å². The summed E-state index contributed by atoms with van der Waals surface area (Å²) in [6.45, 7) is 6.06. The molecule has 0 aliphatic carbocycles. The molecule has 0 saturated heterocycles. The van der Waals surface area contributed by atoms with Gasteiger partial charge in [-0.2, -0.15) is 26.3 Å². The summed E-state index contributed by atoms with van der Waals surface area (Å²) in [5.41, 5.74) is 15.5. The monoisotopic (exact) mass is 713 g/mol. The van der Waals surface area contributed by atoms with Crippen LogP contribution >= 0.6 is 0 Å². The molecule has 0 fully saturated rings. The van der Waals surface area contributed by atoms with E-state index in [1.54, 1.807) is 18.3 Å². The topological polar surface area (TPSA) is 191 Å². The Kier molecular flexibility index (Phi) is 12.1. The third kappa shape index (κ3) is 9.64. The molecule has 1 unspecified atom stereocenters. The smallest absolute Gasteiger partial charge is 0.490 e. The molecule has 1 atom stereocenters. The highest BCUT2D eigenvalue weighted by molar-refractivity contribution is 5.93. The lowest BCUT2D eigenvalue weighted by molar-refractivity contribution is -0.193. The summed E-state index contributed by atoms with van der Waals surface area (Å²) in [4.78, 5) is 30.5. The largest absolute Gasteiger partial charge is 0.491 e. The average Bonchev–Trinajstić information content (AvgIpc) is 3.68. The number of nitrogens with one attached hydrogen (secondary N) is 1. The number of furan rings is 1. The number of rotatable bonds is 7. The highest BCUT2D eigenvalue weighted by Crippen LogP contribution is 2.38. The van der Waals surface area contributed by atoms with Crippen LogP contribution in [0.3, 0.4) is 0 Å². The number of aromatic nitrogens is 3. The molecule has 0 radical (unpaired) electrons. The number of imidazole rings is 1. The highest BCUT2D eigenvalue weighted by Gasteiger charge is 2.39. The van der Waals surface area contributed by atoms with Gasteiger partial charge in [-0.25, -0.2) is 23.9 Å². The predicted octanol–water partition coefficient (Wildman–Crippen LogP) is 7.24. The zero-order chi connectivity index (χ0) is 37.6. The molecule has 18 heteroatoms. The minimum Gasteiger partial charge on any atom is -0.491 e. The fraction of sp³-hybridized carbons (Fsp3) is 0.250. The molecule has 3 aromatic heterocycles. The van der Waals surface area contributed by atoms with Gasteiger partial charge < -0.3 is 35.8 Å². The first-order chi connectivity index (χ1) is 23.3. The van der Waals surface area contributed by atoms with Gasteiger partial charge in [-0.15, -0.1) is 0 Å². The van der Waals surface area contributed by atoms with E-state index in [9.17, 15) is 26.3 Å². The maximum atomic E-state index is 15.9. The number of nitrogen functional groups attached to an aromatic ring is 2. The molecule has 2 aromatic carbocycles. The maximum Gasteiger partial charge on any atom is 0.490 e. The number of aliphatic carboxylic acids is 2. The van der Waals surface area contributed by atoms with Gasteiger partial charge in [0.05, 0.1) is 18.2 Å². The second-order valence-electron chi connectivity index (χ2n) is 10.3. The molecule has 0 aliphatic heterocycles. The number of H-pyrrole nitrogens is 1. The molecule has 0 aliphatic rings. The zero-order valence-corrected chi connectivity index (χ0v) is 26.4. The fourth-order valence-corrected chi connectivity index (χ4v) is 4.46. The van der Waals surface area contributed by atoms with Crippen molar-refractivity contribution >= 4 is 34.2 Å². The Morgan fingerprint density at radius 1 is 0.940 bits per heavy atom. The van der Waals surface area contributed by atoms with Crippen LogP contribution in [0.4, 0.5) is 42.2 Å². The van der Waals surface area contributed by atoms with E-state index in [4.69, 9.17) is 45.4 Å². The lowest BCUT2D eigenvalue weighted by atomic mass is 9.90. The van der Waals surface area contributed by atoms with Crippen molar-refractivity contribution in [2.45, 2.75) is 45.5 Å². The Bertz CT molecular complexity index is 1950. The molecule has 0 bridgehead atoms. The molecular formula is C32H30F7N5O6. The van der Waals surface area contributed by atoms with Crippen molar-refractivity contribution in [1.82, 2.24) is 15.0 Å². The van der Waals surface area contributed by atoms with Crippen LogP contribution in [0.25, 0.3) is 22.2 Å². The van der Waals surface area contributed by atoms with Gasteiger partial charge in [0, 0.05) is 22.8 Å². The van der Waals surface area contributed by atoms with Crippen molar-refractivity contribution in [2.75, 3.05) is 18.1 Å². The number of carbonyl (C=O) groups is 2. The quantitative estimate of drug-likeness (QED) is 0.0849. The minimum atomic E-state index is -5.08. The Balaban J connectivity index is 0.000000408. The lowest BCUT2D eigenvalue weighted by Gasteiger charge is -2.20. The van der Waals surface area contributed by atoms with Crippen molar-refractivity contribution in [3.8, 4) is 17.2 Å². The van der Waals surface area contributed by atoms with E-state index in [-0.39, 0.29) is 5.75 Å². The van der Waals surface area contributed by atoms with Gasteiger partial charge in [-0.3, -0.25) is 0 Å². The summed E-state index contributed by atoms with van der Waals surface area (Å²) >= 11 is 0. The molecule has 0 spiro atoms. The number of aromatic amines is 1. The van der Waals surface area contributed by atoms with E-state index in [2.05, 4.69) is 9.97 Å². The molecule has 5 rings (SSSR count). The minimum absolute atomic E-state index is 0.197. The van der Waals surface area contributed by atoms with Crippen molar-refractivity contribution in [3.63, 3.8) is 0 Å². The molecule has 0 saturated carbocycles. The third-order valence-electron chi connectivity index (χ3n) is 6.70. The number of nitrogens with zero attached hydrogens (tertiary/aromatic N) is 2. The van der Waals surface area contributed by atoms with Crippen LogP contribution in [0.2, 0.25) is 0 Å². The number of halogens is 7. The number of alkyl halides is 6. The van der Waals surface area contributed by atoms with Crippen LogP contribution in [-0.2, 0) is 16.0 Å². The van der Waals surface area contributed by atoms with E-state index in [1.165, 1.54) is 0 Å². The van der Waals surface area contributed by atoms with Gasteiger partial charge in [0.2, 0.25) is 0 Å². The van der Waals surface area contributed by atoms with Crippen molar-refractivity contribution < 1.29 is 59.7 Å². The number of carboxylic acids is 2. The van der Waals surface area contributed by atoms with Gasteiger partial charge in [0.1, 0.15) is 23.1 Å².